The van der Waals surface area contributed by atoms with Crippen molar-refractivity contribution in [1.29, 1.82) is 0 Å². The molecular weight excluding hydrogens is 435 g/mol. The van der Waals surface area contributed by atoms with Crippen LogP contribution in [0.15, 0.2) is 18.2 Å². The first-order valence-corrected chi connectivity index (χ1v) is 7.22. The number of carbonyl (C=O) groups excluding carboxylic acids is 1. The Bertz CT molecular complexity index is 459. The monoisotopic (exact) mass is 456 g/mol. The molecule has 1 rings (SSSR count). The summed E-state index contributed by atoms with van der Waals surface area (Å²) in [4.78, 5) is 13.1. The molecule has 0 bridgehead atoms. The van der Waals surface area contributed by atoms with Gasteiger partial charge in [0, 0.05) is 25.0 Å². The van der Waals surface area contributed by atoms with Crippen LogP contribution in [0.4, 0.5) is 4.79 Å². The lowest BCUT2D eigenvalue weighted by molar-refractivity contribution is -0.884. The Morgan fingerprint density at radius 2 is 1.90 bits per heavy atom. The number of hydrogen-bond donors (Lipinski definition) is 0. The fraction of sp³-hybridized carbons (Fsp3) is 0.500. The summed E-state index contributed by atoms with van der Waals surface area (Å²) >= 11 is 3.45. The summed E-state index contributed by atoms with van der Waals surface area (Å²) in [5.41, 5.74) is 2.22. The standard InChI is InChI=1S/C14H22BrN2O2.HI/c1-16(2)14(18)19-13-7-6-11(9-15)8-12(13)10-17(3,4)5;/h6-8H,9-10H2,1-5H3;1H/q+1;/p-1. The Hall–Kier alpha value is -0.340. The van der Waals surface area contributed by atoms with E-state index in [4.69, 9.17) is 4.74 Å². The van der Waals surface area contributed by atoms with Crippen molar-refractivity contribution < 1.29 is 38.0 Å². The van der Waals surface area contributed by atoms with E-state index >= 15 is 0 Å². The maximum absolute atomic E-state index is 11.7. The number of amides is 1. The first-order chi connectivity index (χ1) is 8.73. The molecule has 0 saturated heterocycles. The van der Waals surface area contributed by atoms with E-state index in [1.807, 2.05) is 12.1 Å². The van der Waals surface area contributed by atoms with E-state index in [0.717, 1.165) is 21.9 Å². The predicted molar refractivity (Wildman–Crippen MR) is 80.5 cm³/mol. The Morgan fingerprint density at radius 3 is 2.35 bits per heavy atom. The molecule has 0 fully saturated rings. The van der Waals surface area contributed by atoms with Gasteiger partial charge >= 0.3 is 6.09 Å². The molecule has 114 valence electrons. The average Bonchev–Trinajstić information content (AvgIpc) is 2.29. The summed E-state index contributed by atoms with van der Waals surface area (Å²) in [5.74, 6) is 0.636. The van der Waals surface area contributed by atoms with Gasteiger partial charge in [0.05, 0.1) is 21.1 Å². The summed E-state index contributed by atoms with van der Waals surface area (Å²) in [6.07, 6.45) is -0.353. The minimum atomic E-state index is -0.353. The highest BCUT2D eigenvalue weighted by Gasteiger charge is 2.17. The normalized spacial score (nSPS) is 10.7. The molecule has 0 radical (unpaired) electrons. The number of ether oxygens (including phenoxy) is 1. The Labute approximate surface area is 146 Å². The van der Waals surface area contributed by atoms with Crippen molar-refractivity contribution in [3.63, 3.8) is 0 Å². The number of carbonyl (C=O) groups is 1. The van der Waals surface area contributed by atoms with Crippen molar-refractivity contribution in [2.75, 3.05) is 35.2 Å². The van der Waals surface area contributed by atoms with Crippen LogP contribution >= 0.6 is 15.9 Å². The molecule has 20 heavy (non-hydrogen) atoms. The number of nitrogens with zero attached hydrogens (tertiary/aromatic N) is 2. The van der Waals surface area contributed by atoms with Gasteiger partial charge in [0.2, 0.25) is 0 Å². The van der Waals surface area contributed by atoms with E-state index in [-0.39, 0.29) is 30.1 Å². The van der Waals surface area contributed by atoms with E-state index in [1.165, 1.54) is 10.5 Å². The average molecular weight is 457 g/mol. The second-order valence-electron chi connectivity index (χ2n) is 5.79. The number of benzene rings is 1. The SMILES string of the molecule is CN(C)C(=O)Oc1ccc(CBr)cc1C[N+](C)(C)C.[I-]. The van der Waals surface area contributed by atoms with Crippen molar-refractivity contribution in [1.82, 2.24) is 4.90 Å². The van der Waals surface area contributed by atoms with E-state index in [9.17, 15) is 4.79 Å². The highest BCUT2D eigenvalue weighted by molar-refractivity contribution is 9.08. The fourth-order valence-electron chi connectivity index (χ4n) is 1.64. The van der Waals surface area contributed by atoms with Crippen LogP contribution in [0.25, 0.3) is 0 Å². The van der Waals surface area contributed by atoms with Gasteiger partial charge < -0.3 is 38.1 Å². The number of halogens is 2. The lowest BCUT2D eigenvalue weighted by Gasteiger charge is -2.25. The molecule has 0 N–H and O–H groups in total. The van der Waals surface area contributed by atoms with Crippen LogP contribution in [-0.2, 0) is 11.9 Å². The molecule has 1 aromatic carbocycles. The highest BCUT2D eigenvalue weighted by Crippen LogP contribution is 2.24. The van der Waals surface area contributed by atoms with Gasteiger partial charge in [0.1, 0.15) is 12.3 Å². The van der Waals surface area contributed by atoms with E-state index in [0.29, 0.717) is 5.75 Å². The molecule has 0 spiro atoms. The number of alkyl halides is 1. The number of quaternary nitrogens is 1. The second-order valence-corrected chi connectivity index (χ2v) is 6.35. The maximum atomic E-state index is 11.7. The highest BCUT2D eigenvalue weighted by atomic mass is 127. The maximum Gasteiger partial charge on any atom is 0.414 e. The van der Waals surface area contributed by atoms with Crippen molar-refractivity contribution in [3.05, 3.63) is 29.3 Å². The zero-order chi connectivity index (χ0) is 14.6. The fourth-order valence-corrected chi connectivity index (χ4v) is 1.98. The minimum absolute atomic E-state index is 0. The van der Waals surface area contributed by atoms with Gasteiger partial charge in [0.15, 0.2) is 0 Å². The molecule has 6 heteroatoms. The zero-order valence-electron chi connectivity index (χ0n) is 12.6. The van der Waals surface area contributed by atoms with E-state index < -0.39 is 0 Å². The molecule has 0 atom stereocenters. The van der Waals surface area contributed by atoms with Gasteiger partial charge in [-0.2, -0.15) is 0 Å². The van der Waals surface area contributed by atoms with Gasteiger partial charge in [-0.25, -0.2) is 4.79 Å². The quantitative estimate of drug-likeness (QED) is 0.358. The third-order valence-corrected chi connectivity index (χ3v) is 3.13. The Balaban J connectivity index is 0.00000361. The smallest absolute Gasteiger partial charge is 0.414 e. The first-order valence-electron chi connectivity index (χ1n) is 6.10. The van der Waals surface area contributed by atoms with Crippen molar-refractivity contribution >= 4 is 22.0 Å². The summed E-state index contributed by atoms with van der Waals surface area (Å²) in [6, 6.07) is 5.91. The first kappa shape index (κ1) is 19.7. The molecule has 0 saturated carbocycles. The van der Waals surface area contributed by atoms with Crippen LogP contribution in [-0.4, -0.2) is 50.7 Å². The minimum Gasteiger partial charge on any atom is -1.00 e. The van der Waals surface area contributed by atoms with E-state index in [1.54, 1.807) is 14.1 Å². The Kier molecular flexibility index (Phi) is 8.05. The second kappa shape index (κ2) is 8.19. The predicted octanol–water partition coefficient (Wildman–Crippen LogP) is -0.148. The lowest BCUT2D eigenvalue weighted by Crippen LogP contribution is -3.00. The molecule has 0 aliphatic rings. The molecule has 4 nitrogen and oxygen atoms in total. The third kappa shape index (κ3) is 6.41. The van der Waals surface area contributed by atoms with Crippen LogP contribution < -0.4 is 28.7 Å². The molecule has 1 amide bonds. The molecule has 0 heterocycles. The third-order valence-electron chi connectivity index (χ3n) is 2.49. The van der Waals surface area contributed by atoms with Gasteiger partial charge in [-0.3, -0.25) is 0 Å². The van der Waals surface area contributed by atoms with Crippen LogP contribution in [0, 0.1) is 0 Å². The summed E-state index contributed by atoms with van der Waals surface area (Å²) in [7, 11) is 9.68. The number of rotatable bonds is 4. The largest absolute Gasteiger partial charge is 1.00 e. The summed E-state index contributed by atoms with van der Waals surface area (Å²) < 4.78 is 6.19. The summed E-state index contributed by atoms with van der Waals surface area (Å²) in [6.45, 7) is 0.802. The van der Waals surface area contributed by atoms with E-state index in [2.05, 4.69) is 43.1 Å². The van der Waals surface area contributed by atoms with Gasteiger partial charge in [-0.15, -0.1) is 0 Å². The molecular formula is C14H22BrIN2O2. The van der Waals surface area contributed by atoms with Crippen molar-refractivity contribution in [2.45, 2.75) is 11.9 Å². The van der Waals surface area contributed by atoms with Gasteiger partial charge in [-0.05, 0) is 17.7 Å². The van der Waals surface area contributed by atoms with Gasteiger partial charge in [0.25, 0.3) is 0 Å². The summed E-state index contributed by atoms with van der Waals surface area (Å²) in [5, 5.41) is 0.791. The van der Waals surface area contributed by atoms with Crippen LogP contribution in [0.2, 0.25) is 0 Å². The molecule has 0 aromatic heterocycles. The lowest BCUT2D eigenvalue weighted by atomic mass is 10.1. The molecule has 1 aromatic rings. The van der Waals surface area contributed by atoms with Crippen molar-refractivity contribution in [3.8, 4) is 5.75 Å². The van der Waals surface area contributed by atoms with Crippen LogP contribution in [0.5, 0.6) is 5.75 Å². The van der Waals surface area contributed by atoms with Crippen LogP contribution in [0.3, 0.4) is 0 Å². The Morgan fingerprint density at radius 1 is 1.30 bits per heavy atom. The van der Waals surface area contributed by atoms with Gasteiger partial charge in [-0.1, -0.05) is 22.0 Å². The molecule has 0 aliphatic carbocycles. The van der Waals surface area contributed by atoms with Crippen molar-refractivity contribution in [2.24, 2.45) is 0 Å². The molecule has 0 aliphatic heterocycles. The molecule has 0 unspecified atom stereocenters. The topological polar surface area (TPSA) is 29.5 Å². The van der Waals surface area contributed by atoms with Crippen LogP contribution in [0.1, 0.15) is 11.1 Å². The number of hydrogen-bond acceptors (Lipinski definition) is 2. The zero-order valence-corrected chi connectivity index (χ0v) is 16.4.